The van der Waals surface area contributed by atoms with Crippen molar-refractivity contribution in [3.63, 3.8) is 0 Å². The molecule has 2 saturated heterocycles. The fourth-order valence-corrected chi connectivity index (χ4v) is 4.46. The van der Waals surface area contributed by atoms with E-state index in [9.17, 15) is 18.8 Å². The van der Waals surface area contributed by atoms with Gasteiger partial charge in [0.2, 0.25) is 11.8 Å². The van der Waals surface area contributed by atoms with Crippen molar-refractivity contribution >= 4 is 17.8 Å². The number of phenols is 1. The molecule has 4 amide bonds. The molecule has 2 heterocycles. The Hall–Kier alpha value is -4.88. The number of aryl methyl sites for hydroxylation is 1. The number of hydrogen-bond donors (Lipinski definition) is 2. The third kappa shape index (κ3) is 8.30. The largest absolute Gasteiger partial charge is 0.508 e. The summed E-state index contributed by atoms with van der Waals surface area (Å²) in [5.74, 6) is -0.422. The zero-order valence-electron chi connectivity index (χ0n) is 23.1. The second-order valence-corrected chi connectivity index (χ2v) is 9.54. The maximum absolute atomic E-state index is 13.2. The van der Waals surface area contributed by atoms with Crippen LogP contribution in [0.25, 0.3) is 0 Å². The van der Waals surface area contributed by atoms with Gasteiger partial charge in [-0.25, -0.2) is 19.2 Å². The number of likely N-dealkylation sites (N-methyl/N-ethyl adjacent to an activating group) is 1. The van der Waals surface area contributed by atoms with Gasteiger partial charge in [-0.1, -0.05) is 60.2 Å². The van der Waals surface area contributed by atoms with Gasteiger partial charge in [0.05, 0.1) is 13.1 Å². The monoisotopic (exact) mass is 559 g/mol. The Morgan fingerprint density at radius 2 is 1.56 bits per heavy atom. The van der Waals surface area contributed by atoms with Crippen molar-refractivity contribution in [2.75, 3.05) is 26.7 Å². The third-order valence-corrected chi connectivity index (χ3v) is 6.55. The molecule has 0 aromatic heterocycles. The lowest BCUT2D eigenvalue weighted by atomic mass is 10.1. The quantitative estimate of drug-likeness (QED) is 0.478. The summed E-state index contributed by atoms with van der Waals surface area (Å²) in [5, 5.41) is 14.7. The van der Waals surface area contributed by atoms with Crippen LogP contribution in [0.4, 0.5) is 9.18 Å². The lowest BCUT2D eigenvalue weighted by Crippen LogP contribution is -2.73. The van der Waals surface area contributed by atoms with E-state index >= 15 is 0 Å². The van der Waals surface area contributed by atoms with Gasteiger partial charge < -0.3 is 20.2 Å². The molecule has 214 valence electrons. The van der Waals surface area contributed by atoms with Crippen LogP contribution in [-0.4, -0.2) is 75.6 Å². The molecule has 41 heavy (non-hydrogen) atoms. The van der Waals surface area contributed by atoms with E-state index in [2.05, 4.69) is 18.2 Å². The number of rotatable bonds is 4. The third-order valence-electron chi connectivity index (χ3n) is 6.55. The Kier molecular flexibility index (Phi) is 10.8. The number of carbonyl (C=O) groups excluding carboxylic acids is 3. The molecule has 0 bridgehead atoms. The van der Waals surface area contributed by atoms with Crippen LogP contribution in [0.15, 0.2) is 78.9 Å². The van der Waals surface area contributed by atoms with E-state index in [4.69, 9.17) is 5.11 Å². The molecular formula is C31H34FN5O4. The van der Waals surface area contributed by atoms with E-state index in [1.165, 1.54) is 27.6 Å². The summed E-state index contributed by atoms with van der Waals surface area (Å²) >= 11 is 0. The summed E-state index contributed by atoms with van der Waals surface area (Å²) in [5.41, 5.74) is 2.90. The minimum absolute atomic E-state index is 0.0144. The van der Waals surface area contributed by atoms with Gasteiger partial charge in [0.25, 0.3) is 0 Å². The van der Waals surface area contributed by atoms with Crippen molar-refractivity contribution in [3.8, 4) is 18.6 Å². The van der Waals surface area contributed by atoms with Crippen LogP contribution >= 0.6 is 0 Å². The fraction of sp³-hybridized carbons (Fsp3) is 0.258. The van der Waals surface area contributed by atoms with Gasteiger partial charge in [0.15, 0.2) is 0 Å². The summed E-state index contributed by atoms with van der Waals surface area (Å²) in [4.78, 5) is 41.3. The number of hydrazine groups is 1. The molecule has 9 nitrogen and oxygen atoms in total. The van der Waals surface area contributed by atoms with Crippen LogP contribution in [0.1, 0.15) is 16.7 Å². The van der Waals surface area contributed by atoms with Crippen molar-refractivity contribution in [1.82, 2.24) is 25.1 Å². The molecule has 2 N–H and O–H groups in total. The van der Waals surface area contributed by atoms with E-state index in [-0.39, 0.29) is 49.8 Å². The minimum atomic E-state index is -0.611. The van der Waals surface area contributed by atoms with Crippen LogP contribution in [0.3, 0.4) is 0 Å². The number of hydrogen-bond acceptors (Lipinski definition) is 5. The summed E-state index contributed by atoms with van der Waals surface area (Å²) in [6, 6.07) is 22.2. The van der Waals surface area contributed by atoms with Crippen molar-refractivity contribution in [1.29, 1.82) is 0 Å². The molecule has 0 aliphatic carbocycles. The average molecular weight is 560 g/mol. The minimum Gasteiger partial charge on any atom is -0.508 e. The molecule has 2 aliphatic rings. The first-order valence-corrected chi connectivity index (χ1v) is 12.9. The predicted octanol–water partition coefficient (Wildman–Crippen LogP) is 3.34. The van der Waals surface area contributed by atoms with E-state index < -0.39 is 6.17 Å². The number of terminal acetylenes is 1. The maximum Gasteiger partial charge on any atom is 0.334 e. The first kappa shape index (κ1) is 30.7. The summed E-state index contributed by atoms with van der Waals surface area (Å²) in [6.45, 7) is 2.70. The highest BCUT2D eigenvalue weighted by Crippen LogP contribution is 2.23. The number of carbonyl (C=O) groups is 3. The average Bonchev–Trinajstić information content (AvgIpc) is 2.97. The second-order valence-electron chi connectivity index (χ2n) is 9.54. The van der Waals surface area contributed by atoms with Crippen LogP contribution in [0.5, 0.6) is 5.75 Å². The molecule has 0 radical (unpaired) electrons. The second kappa shape index (κ2) is 14.5. The molecule has 2 fully saturated rings. The van der Waals surface area contributed by atoms with Gasteiger partial charge in [-0.2, -0.15) is 0 Å². The summed E-state index contributed by atoms with van der Waals surface area (Å²) < 4.78 is 13.2. The molecule has 10 heteroatoms. The number of nitrogens with one attached hydrogen (secondary N) is 1. The standard InChI is InChI=1S/C22H24FN5O3.C7H8O.C2H2/c1-25-14-21(30)27-15-20(29)26(12-17-7-9-18(23)10-8-17)13-19(27)28(25)22(31)24-11-16-5-3-2-4-6-16;1-6-2-4-7(8)5-3-6;1-2/h2-10,19H,11-15H2,1H3,(H,24,31);2-5,8H,1H3;1-2H/t19-;;/m0../s1. The molecular weight excluding hydrogens is 525 g/mol. The maximum atomic E-state index is 13.2. The molecule has 2 aliphatic heterocycles. The van der Waals surface area contributed by atoms with Crippen LogP contribution in [0.2, 0.25) is 0 Å². The number of piperazine rings is 1. The highest BCUT2D eigenvalue weighted by atomic mass is 19.1. The number of nitrogens with zero attached hydrogens (tertiary/aromatic N) is 4. The molecule has 3 aromatic rings. The van der Waals surface area contributed by atoms with Crippen LogP contribution in [-0.2, 0) is 22.7 Å². The molecule has 0 spiro atoms. The fourth-order valence-electron chi connectivity index (χ4n) is 4.46. The van der Waals surface area contributed by atoms with Crippen LogP contribution < -0.4 is 5.32 Å². The predicted molar refractivity (Wildman–Crippen MR) is 153 cm³/mol. The Morgan fingerprint density at radius 1 is 0.927 bits per heavy atom. The normalized spacial score (nSPS) is 16.5. The van der Waals surface area contributed by atoms with Gasteiger partial charge in [-0.15, -0.1) is 12.8 Å². The number of amides is 4. The van der Waals surface area contributed by atoms with Gasteiger partial charge in [0.1, 0.15) is 24.3 Å². The number of halogens is 1. The van der Waals surface area contributed by atoms with E-state index in [1.807, 2.05) is 49.4 Å². The summed E-state index contributed by atoms with van der Waals surface area (Å²) in [7, 11) is 1.68. The Balaban J connectivity index is 0.000000394. The Morgan fingerprint density at radius 3 is 2.17 bits per heavy atom. The van der Waals surface area contributed by atoms with Gasteiger partial charge in [-0.05, 0) is 42.3 Å². The number of aromatic hydroxyl groups is 1. The van der Waals surface area contributed by atoms with Crippen molar-refractivity contribution in [2.45, 2.75) is 26.2 Å². The number of fused-ring (bicyclic) bond motifs is 1. The van der Waals surface area contributed by atoms with Crippen molar-refractivity contribution < 1.29 is 23.9 Å². The first-order chi connectivity index (χ1) is 19.7. The SMILES string of the molecule is C#C.CN1CC(=O)N2CC(=O)N(Cc3ccc(F)cc3)C[C@@H]2N1C(=O)NCc1ccccc1.Cc1ccc(O)cc1. The number of urea groups is 1. The van der Waals surface area contributed by atoms with E-state index in [0.29, 0.717) is 12.3 Å². The van der Waals surface area contributed by atoms with Gasteiger partial charge >= 0.3 is 6.03 Å². The van der Waals surface area contributed by atoms with Crippen molar-refractivity contribution in [2.24, 2.45) is 0 Å². The van der Waals surface area contributed by atoms with Crippen molar-refractivity contribution in [3.05, 3.63) is 101 Å². The molecule has 0 saturated carbocycles. The molecule has 1 atom stereocenters. The van der Waals surface area contributed by atoms with Gasteiger partial charge in [0, 0.05) is 20.1 Å². The zero-order valence-corrected chi connectivity index (χ0v) is 23.1. The number of phenolic OH excluding ortho intramolecular Hbond substituents is 1. The smallest absolute Gasteiger partial charge is 0.334 e. The number of benzene rings is 3. The lowest BCUT2D eigenvalue weighted by molar-refractivity contribution is -0.178. The zero-order chi connectivity index (χ0) is 29.9. The Labute approximate surface area is 239 Å². The topological polar surface area (TPSA) is 96.4 Å². The van der Waals surface area contributed by atoms with Crippen LogP contribution in [0, 0.1) is 25.6 Å². The van der Waals surface area contributed by atoms with E-state index in [0.717, 1.165) is 11.1 Å². The van der Waals surface area contributed by atoms with E-state index in [1.54, 1.807) is 41.2 Å². The molecule has 3 aromatic carbocycles. The molecule has 0 unspecified atom stereocenters. The first-order valence-electron chi connectivity index (χ1n) is 12.9. The molecule has 5 rings (SSSR count). The summed E-state index contributed by atoms with van der Waals surface area (Å²) in [6.07, 6.45) is 7.39. The highest BCUT2D eigenvalue weighted by molar-refractivity contribution is 5.89. The Bertz CT molecular complexity index is 1310. The lowest BCUT2D eigenvalue weighted by Gasteiger charge is -2.51. The van der Waals surface area contributed by atoms with Gasteiger partial charge in [-0.3, -0.25) is 9.59 Å². The highest BCUT2D eigenvalue weighted by Gasteiger charge is 2.45.